The van der Waals surface area contributed by atoms with E-state index in [9.17, 15) is 18.0 Å². The maximum absolute atomic E-state index is 12.5. The molecule has 0 spiro atoms. The summed E-state index contributed by atoms with van der Waals surface area (Å²) in [7, 11) is 0. The Morgan fingerprint density at radius 3 is 2.61 bits per heavy atom. The number of hydrogen-bond acceptors (Lipinski definition) is 2. The molecule has 0 aromatic heterocycles. The van der Waals surface area contributed by atoms with E-state index >= 15 is 0 Å². The molecule has 1 atom stereocenters. The Labute approximate surface area is 103 Å². The van der Waals surface area contributed by atoms with E-state index in [1.807, 2.05) is 13.0 Å². The van der Waals surface area contributed by atoms with Gasteiger partial charge in [-0.1, -0.05) is 25.5 Å². The molecule has 0 aliphatic rings. The van der Waals surface area contributed by atoms with Crippen molar-refractivity contribution in [2.75, 3.05) is 0 Å². The number of Topliss-reactive ketones (excluding diaryl/α,β-unsaturated/α-hetero) is 1. The molecule has 0 aliphatic heterocycles. The molecule has 96 valence electrons. The van der Waals surface area contributed by atoms with E-state index in [0.717, 1.165) is 12.1 Å². The van der Waals surface area contributed by atoms with Gasteiger partial charge in [0.05, 0.1) is 11.6 Å². The van der Waals surface area contributed by atoms with Crippen molar-refractivity contribution in [3.8, 4) is 6.07 Å². The first kappa shape index (κ1) is 14.2. The van der Waals surface area contributed by atoms with E-state index < -0.39 is 23.4 Å². The van der Waals surface area contributed by atoms with Gasteiger partial charge in [0.25, 0.3) is 0 Å². The summed E-state index contributed by atoms with van der Waals surface area (Å²) in [5.41, 5.74) is -0.939. The van der Waals surface area contributed by atoms with Gasteiger partial charge in [0, 0.05) is 5.56 Å². The number of hydrogen-bond donors (Lipinski definition) is 0. The van der Waals surface area contributed by atoms with Crippen LogP contribution in [0.4, 0.5) is 13.2 Å². The Bertz CT molecular complexity index is 474. The van der Waals surface area contributed by atoms with Gasteiger partial charge in [-0.05, 0) is 18.6 Å². The smallest absolute Gasteiger partial charge is 0.293 e. The number of nitrogens with zero attached hydrogens (tertiary/aromatic N) is 1. The maximum atomic E-state index is 12.5. The van der Waals surface area contributed by atoms with Crippen LogP contribution in [0, 0.1) is 17.2 Å². The number of rotatable bonds is 4. The Morgan fingerprint density at radius 2 is 2.11 bits per heavy atom. The van der Waals surface area contributed by atoms with Crippen molar-refractivity contribution in [3.05, 3.63) is 35.4 Å². The predicted octanol–water partition coefficient (Wildman–Crippen LogP) is 3.83. The molecule has 0 saturated carbocycles. The lowest BCUT2D eigenvalue weighted by Gasteiger charge is -2.10. The third-order valence-corrected chi connectivity index (χ3v) is 2.52. The quantitative estimate of drug-likeness (QED) is 0.767. The van der Waals surface area contributed by atoms with Crippen LogP contribution >= 0.6 is 0 Å². The van der Waals surface area contributed by atoms with Crippen LogP contribution in [0.15, 0.2) is 24.3 Å². The lowest BCUT2D eigenvalue weighted by Crippen LogP contribution is -2.14. The maximum Gasteiger partial charge on any atom is 0.416 e. The molecular formula is C13H12F3NO. The summed E-state index contributed by atoms with van der Waals surface area (Å²) in [5.74, 6) is -1.43. The minimum atomic E-state index is -4.48. The van der Waals surface area contributed by atoms with Gasteiger partial charge in [0.15, 0.2) is 5.78 Å². The van der Waals surface area contributed by atoms with Crippen LogP contribution in [0.25, 0.3) is 0 Å². The lowest BCUT2D eigenvalue weighted by atomic mass is 9.94. The molecule has 0 saturated heterocycles. The number of nitriles is 1. The second-order valence-electron chi connectivity index (χ2n) is 3.91. The van der Waals surface area contributed by atoms with Crippen LogP contribution in [0.5, 0.6) is 0 Å². The van der Waals surface area contributed by atoms with E-state index in [4.69, 9.17) is 5.26 Å². The molecule has 0 aliphatic carbocycles. The number of alkyl halides is 3. The number of carbonyl (C=O) groups is 1. The number of halogens is 3. The van der Waals surface area contributed by atoms with Crippen LogP contribution < -0.4 is 0 Å². The monoisotopic (exact) mass is 255 g/mol. The molecular weight excluding hydrogens is 243 g/mol. The second-order valence-corrected chi connectivity index (χ2v) is 3.91. The van der Waals surface area contributed by atoms with Crippen molar-refractivity contribution in [2.45, 2.75) is 25.9 Å². The van der Waals surface area contributed by atoms with E-state index in [1.165, 1.54) is 12.1 Å². The first-order valence-corrected chi connectivity index (χ1v) is 5.51. The third-order valence-electron chi connectivity index (χ3n) is 2.52. The van der Waals surface area contributed by atoms with E-state index in [1.54, 1.807) is 0 Å². The Morgan fingerprint density at radius 1 is 1.44 bits per heavy atom. The zero-order valence-electron chi connectivity index (χ0n) is 9.79. The SMILES string of the molecule is CCCC(C#N)C(=O)c1cccc(C(F)(F)F)c1. The second kappa shape index (κ2) is 5.67. The fraction of sp³-hybridized carbons (Fsp3) is 0.385. The topological polar surface area (TPSA) is 40.9 Å². The summed E-state index contributed by atoms with van der Waals surface area (Å²) in [6.07, 6.45) is -3.50. The summed E-state index contributed by atoms with van der Waals surface area (Å²) in [6.45, 7) is 1.81. The van der Waals surface area contributed by atoms with Gasteiger partial charge < -0.3 is 0 Å². The third kappa shape index (κ3) is 3.33. The first-order chi connectivity index (χ1) is 8.40. The van der Waals surface area contributed by atoms with Crippen LogP contribution in [0.3, 0.4) is 0 Å². The zero-order valence-corrected chi connectivity index (χ0v) is 9.79. The molecule has 0 amide bonds. The molecule has 18 heavy (non-hydrogen) atoms. The fourth-order valence-electron chi connectivity index (χ4n) is 1.59. The van der Waals surface area contributed by atoms with Gasteiger partial charge in [-0.2, -0.15) is 18.4 Å². The van der Waals surface area contributed by atoms with Crippen molar-refractivity contribution in [1.29, 1.82) is 5.26 Å². The van der Waals surface area contributed by atoms with Crippen LogP contribution in [-0.2, 0) is 6.18 Å². The Balaban J connectivity index is 3.04. The average molecular weight is 255 g/mol. The van der Waals surface area contributed by atoms with Gasteiger partial charge in [-0.25, -0.2) is 0 Å². The normalized spacial score (nSPS) is 12.8. The Kier molecular flexibility index (Phi) is 4.49. The fourth-order valence-corrected chi connectivity index (χ4v) is 1.59. The molecule has 1 aromatic rings. The highest BCUT2D eigenvalue weighted by Crippen LogP contribution is 2.30. The highest BCUT2D eigenvalue weighted by molar-refractivity contribution is 5.99. The minimum absolute atomic E-state index is 0.0650. The van der Waals surface area contributed by atoms with Crippen LogP contribution in [0.2, 0.25) is 0 Å². The number of ketones is 1. The molecule has 0 heterocycles. The van der Waals surface area contributed by atoms with Crippen molar-refractivity contribution < 1.29 is 18.0 Å². The molecule has 0 radical (unpaired) electrons. The lowest BCUT2D eigenvalue weighted by molar-refractivity contribution is -0.137. The predicted molar refractivity (Wildman–Crippen MR) is 59.8 cm³/mol. The minimum Gasteiger partial charge on any atom is -0.293 e. The van der Waals surface area contributed by atoms with Crippen LogP contribution in [0.1, 0.15) is 35.7 Å². The number of carbonyl (C=O) groups excluding carboxylic acids is 1. The summed E-state index contributed by atoms with van der Waals surface area (Å²) >= 11 is 0. The highest BCUT2D eigenvalue weighted by atomic mass is 19.4. The van der Waals surface area contributed by atoms with Crippen molar-refractivity contribution >= 4 is 5.78 Å². The Hall–Kier alpha value is -1.83. The number of benzene rings is 1. The van der Waals surface area contributed by atoms with Gasteiger partial charge in [0.2, 0.25) is 0 Å². The zero-order chi connectivity index (χ0) is 13.8. The molecule has 5 heteroatoms. The van der Waals surface area contributed by atoms with Gasteiger partial charge in [0.1, 0.15) is 5.92 Å². The molecule has 1 aromatic carbocycles. The van der Waals surface area contributed by atoms with E-state index in [-0.39, 0.29) is 5.56 Å². The highest BCUT2D eigenvalue weighted by Gasteiger charge is 2.31. The largest absolute Gasteiger partial charge is 0.416 e. The van der Waals surface area contributed by atoms with Gasteiger partial charge in [-0.3, -0.25) is 4.79 Å². The summed E-state index contributed by atoms with van der Waals surface area (Å²) in [5, 5.41) is 8.82. The van der Waals surface area contributed by atoms with E-state index in [0.29, 0.717) is 12.8 Å². The summed E-state index contributed by atoms with van der Waals surface area (Å²) in [6, 6.07) is 6.00. The van der Waals surface area contributed by atoms with Gasteiger partial charge >= 0.3 is 6.18 Å². The van der Waals surface area contributed by atoms with Crippen molar-refractivity contribution in [2.24, 2.45) is 5.92 Å². The van der Waals surface area contributed by atoms with Gasteiger partial charge in [-0.15, -0.1) is 0 Å². The summed E-state index contributed by atoms with van der Waals surface area (Å²) in [4.78, 5) is 11.9. The van der Waals surface area contributed by atoms with Crippen molar-refractivity contribution in [3.63, 3.8) is 0 Å². The van der Waals surface area contributed by atoms with Crippen molar-refractivity contribution in [1.82, 2.24) is 0 Å². The van der Waals surface area contributed by atoms with Crippen LogP contribution in [-0.4, -0.2) is 5.78 Å². The average Bonchev–Trinajstić information content (AvgIpc) is 2.34. The first-order valence-electron chi connectivity index (χ1n) is 5.51. The molecule has 1 unspecified atom stereocenters. The molecule has 1 rings (SSSR count). The molecule has 2 nitrogen and oxygen atoms in total. The van der Waals surface area contributed by atoms with E-state index in [2.05, 4.69) is 0 Å². The molecule has 0 fully saturated rings. The summed E-state index contributed by atoms with van der Waals surface area (Å²) < 4.78 is 37.5. The standard InChI is InChI=1S/C13H12F3NO/c1-2-4-10(8-17)12(18)9-5-3-6-11(7-9)13(14,15)16/h3,5-7,10H,2,4H2,1H3. The molecule has 0 N–H and O–H groups in total. The molecule has 0 bridgehead atoms.